The van der Waals surface area contributed by atoms with E-state index in [1.54, 1.807) is 0 Å². The highest BCUT2D eigenvalue weighted by Crippen LogP contribution is 2.13. The fourth-order valence-corrected chi connectivity index (χ4v) is 2.12. The Hall–Kier alpha value is -0.120. The van der Waals surface area contributed by atoms with Crippen LogP contribution in [-0.2, 0) is 4.74 Å². The fourth-order valence-electron chi connectivity index (χ4n) is 2.12. The van der Waals surface area contributed by atoms with Crippen molar-refractivity contribution in [3.63, 3.8) is 0 Å². The van der Waals surface area contributed by atoms with Gasteiger partial charge in [-0.3, -0.25) is 0 Å². The van der Waals surface area contributed by atoms with E-state index in [2.05, 4.69) is 18.9 Å². The van der Waals surface area contributed by atoms with Crippen LogP contribution in [0.3, 0.4) is 0 Å². The van der Waals surface area contributed by atoms with Gasteiger partial charge in [0.05, 0.1) is 6.10 Å². The van der Waals surface area contributed by atoms with E-state index in [0.29, 0.717) is 12.0 Å². The smallest absolute Gasteiger partial charge is 0.0702 e. The second-order valence-electron chi connectivity index (χ2n) is 4.54. The molecule has 3 nitrogen and oxygen atoms in total. The third kappa shape index (κ3) is 4.40. The second kappa shape index (κ2) is 6.38. The van der Waals surface area contributed by atoms with E-state index in [1.807, 2.05) is 0 Å². The molecular weight excluding hydrogens is 176 g/mol. The number of nitrogens with two attached hydrogens (primary N) is 1. The van der Waals surface area contributed by atoms with Crippen LogP contribution in [0.15, 0.2) is 0 Å². The summed E-state index contributed by atoms with van der Waals surface area (Å²) in [7, 11) is 2.18. The van der Waals surface area contributed by atoms with Gasteiger partial charge in [-0.2, -0.15) is 0 Å². The predicted molar refractivity (Wildman–Crippen MR) is 59.3 cm³/mol. The number of nitrogens with zero attached hydrogens (tertiary/aromatic N) is 1. The standard InChI is InChI=1S/C11H24N2O/c1-10(5-6-12)8-13(2)9-11-4-3-7-14-11/h10-11H,3-9,12H2,1-2H3. The summed E-state index contributed by atoms with van der Waals surface area (Å²) in [5.74, 6) is 0.700. The van der Waals surface area contributed by atoms with Gasteiger partial charge in [0, 0.05) is 19.7 Å². The minimum absolute atomic E-state index is 0.477. The number of hydrogen-bond acceptors (Lipinski definition) is 3. The van der Waals surface area contributed by atoms with E-state index in [-0.39, 0.29) is 0 Å². The maximum atomic E-state index is 5.60. The van der Waals surface area contributed by atoms with Crippen LogP contribution in [0.5, 0.6) is 0 Å². The molecule has 14 heavy (non-hydrogen) atoms. The van der Waals surface area contributed by atoms with Gasteiger partial charge in [0.2, 0.25) is 0 Å². The molecular formula is C11H24N2O. The maximum absolute atomic E-state index is 5.60. The molecule has 0 aromatic carbocycles. The first-order chi connectivity index (χ1) is 6.72. The van der Waals surface area contributed by atoms with E-state index in [4.69, 9.17) is 10.5 Å². The fraction of sp³-hybridized carbons (Fsp3) is 1.00. The van der Waals surface area contributed by atoms with Crippen molar-refractivity contribution in [2.24, 2.45) is 11.7 Å². The van der Waals surface area contributed by atoms with Crippen molar-refractivity contribution in [1.29, 1.82) is 0 Å². The molecule has 1 rings (SSSR count). The summed E-state index contributed by atoms with van der Waals surface area (Å²) in [6.45, 7) is 6.23. The molecule has 0 aromatic rings. The largest absolute Gasteiger partial charge is 0.377 e. The highest BCUT2D eigenvalue weighted by Gasteiger charge is 2.17. The SMILES string of the molecule is CC(CCN)CN(C)CC1CCCO1. The molecule has 1 fully saturated rings. The van der Waals surface area contributed by atoms with Gasteiger partial charge in [-0.25, -0.2) is 0 Å². The number of rotatable bonds is 6. The van der Waals surface area contributed by atoms with Crippen molar-refractivity contribution < 1.29 is 4.74 Å². The molecule has 84 valence electrons. The summed E-state index contributed by atoms with van der Waals surface area (Å²) in [5, 5.41) is 0. The van der Waals surface area contributed by atoms with Gasteiger partial charge in [-0.15, -0.1) is 0 Å². The molecule has 0 spiro atoms. The Labute approximate surface area is 87.6 Å². The Bertz CT molecular complexity index is 146. The highest BCUT2D eigenvalue weighted by molar-refractivity contribution is 4.70. The summed E-state index contributed by atoms with van der Waals surface area (Å²) >= 11 is 0. The normalized spacial score (nSPS) is 24.4. The lowest BCUT2D eigenvalue weighted by atomic mass is 10.1. The lowest BCUT2D eigenvalue weighted by Gasteiger charge is -2.23. The molecule has 0 aliphatic carbocycles. The molecule has 3 heteroatoms. The zero-order valence-electron chi connectivity index (χ0n) is 9.54. The van der Waals surface area contributed by atoms with Crippen molar-refractivity contribution in [2.45, 2.75) is 32.3 Å². The highest BCUT2D eigenvalue weighted by atomic mass is 16.5. The molecule has 2 atom stereocenters. The van der Waals surface area contributed by atoms with Crippen molar-refractivity contribution in [3.05, 3.63) is 0 Å². The molecule has 1 aliphatic heterocycles. The van der Waals surface area contributed by atoms with Gasteiger partial charge < -0.3 is 15.4 Å². The van der Waals surface area contributed by atoms with Crippen molar-refractivity contribution in [3.8, 4) is 0 Å². The zero-order valence-corrected chi connectivity index (χ0v) is 9.54. The van der Waals surface area contributed by atoms with E-state index >= 15 is 0 Å². The Kier molecular flexibility index (Phi) is 5.45. The van der Waals surface area contributed by atoms with Gasteiger partial charge in [0.25, 0.3) is 0 Å². The Morgan fingerprint density at radius 2 is 2.36 bits per heavy atom. The molecule has 0 saturated carbocycles. The quantitative estimate of drug-likeness (QED) is 0.697. The first-order valence-electron chi connectivity index (χ1n) is 5.72. The molecule has 2 N–H and O–H groups in total. The van der Waals surface area contributed by atoms with Crippen molar-refractivity contribution in [1.82, 2.24) is 4.90 Å². The van der Waals surface area contributed by atoms with Crippen LogP contribution in [0.4, 0.5) is 0 Å². The zero-order chi connectivity index (χ0) is 10.4. The molecule has 1 saturated heterocycles. The van der Waals surface area contributed by atoms with Gasteiger partial charge in [-0.05, 0) is 38.8 Å². The van der Waals surface area contributed by atoms with E-state index in [1.165, 1.54) is 12.8 Å². The van der Waals surface area contributed by atoms with Crippen molar-refractivity contribution >= 4 is 0 Å². The maximum Gasteiger partial charge on any atom is 0.0702 e. The molecule has 1 aliphatic rings. The topological polar surface area (TPSA) is 38.5 Å². The summed E-state index contributed by atoms with van der Waals surface area (Å²) < 4.78 is 5.60. The van der Waals surface area contributed by atoms with Crippen molar-refractivity contribution in [2.75, 3.05) is 33.3 Å². The number of hydrogen-bond donors (Lipinski definition) is 1. The van der Waals surface area contributed by atoms with Crippen LogP contribution in [0.25, 0.3) is 0 Å². The molecule has 2 unspecified atom stereocenters. The van der Waals surface area contributed by atoms with Gasteiger partial charge >= 0.3 is 0 Å². The molecule has 0 aromatic heterocycles. The van der Waals surface area contributed by atoms with Gasteiger partial charge in [0.1, 0.15) is 0 Å². The minimum atomic E-state index is 0.477. The predicted octanol–water partition coefficient (Wildman–Crippen LogP) is 1.08. The van der Waals surface area contributed by atoms with Gasteiger partial charge in [-0.1, -0.05) is 6.92 Å². The lowest BCUT2D eigenvalue weighted by Crippen LogP contribution is -2.32. The first-order valence-corrected chi connectivity index (χ1v) is 5.72. The average molecular weight is 200 g/mol. The summed E-state index contributed by atoms with van der Waals surface area (Å²) in [6.07, 6.45) is 4.06. The van der Waals surface area contributed by atoms with Crippen LogP contribution in [-0.4, -0.2) is 44.3 Å². The summed E-state index contributed by atoms with van der Waals surface area (Å²) in [6, 6.07) is 0. The van der Waals surface area contributed by atoms with Gasteiger partial charge in [0.15, 0.2) is 0 Å². The molecule has 0 radical (unpaired) electrons. The summed E-state index contributed by atoms with van der Waals surface area (Å²) in [4.78, 5) is 2.37. The van der Waals surface area contributed by atoms with Crippen LogP contribution < -0.4 is 5.73 Å². The Morgan fingerprint density at radius 3 is 2.93 bits per heavy atom. The monoisotopic (exact) mass is 200 g/mol. The first kappa shape index (κ1) is 12.0. The molecule has 0 bridgehead atoms. The molecule has 0 amide bonds. The van der Waals surface area contributed by atoms with E-state index < -0.39 is 0 Å². The second-order valence-corrected chi connectivity index (χ2v) is 4.54. The number of ether oxygens (including phenoxy) is 1. The van der Waals surface area contributed by atoms with Crippen LogP contribution >= 0.6 is 0 Å². The number of likely N-dealkylation sites (N-methyl/N-ethyl adjacent to an activating group) is 1. The third-order valence-electron chi connectivity index (χ3n) is 2.82. The Morgan fingerprint density at radius 1 is 1.57 bits per heavy atom. The van der Waals surface area contributed by atoms with E-state index in [9.17, 15) is 0 Å². The molecule has 1 heterocycles. The van der Waals surface area contributed by atoms with Crippen LogP contribution in [0.2, 0.25) is 0 Å². The minimum Gasteiger partial charge on any atom is -0.377 e. The lowest BCUT2D eigenvalue weighted by molar-refractivity contribution is 0.0771. The van der Waals surface area contributed by atoms with E-state index in [0.717, 1.165) is 32.7 Å². The Balaban J connectivity index is 2.10. The van der Waals surface area contributed by atoms with Crippen LogP contribution in [0, 0.1) is 5.92 Å². The summed E-state index contributed by atoms with van der Waals surface area (Å²) in [5.41, 5.74) is 5.53. The van der Waals surface area contributed by atoms with Crippen LogP contribution in [0.1, 0.15) is 26.2 Å². The average Bonchev–Trinajstić information content (AvgIpc) is 2.56. The third-order valence-corrected chi connectivity index (χ3v) is 2.82.